The highest BCUT2D eigenvalue weighted by molar-refractivity contribution is 14.1. The standard InChI is InChI=1S/C7H9IN2/c1-5-3-2-4-6(8)7(5)10-9/h2-4,10H,9H2,1H3. The van der Waals surface area contributed by atoms with Crippen LogP contribution in [0.3, 0.4) is 0 Å². The van der Waals surface area contributed by atoms with Gasteiger partial charge in [0, 0.05) is 3.57 Å². The number of nitrogen functional groups attached to an aromatic ring is 1. The molecule has 0 saturated carbocycles. The van der Waals surface area contributed by atoms with Crippen molar-refractivity contribution in [3.63, 3.8) is 0 Å². The zero-order chi connectivity index (χ0) is 7.56. The average Bonchev–Trinajstić information content (AvgIpc) is 1.88. The van der Waals surface area contributed by atoms with E-state index in [4.69, 9.17) is 5.84 Å². The first kappa shape index (κ1) is 7.81. The van der Waals surface area contributed by atoms with E-state index in [0.29, 0.717) is 0 Å². The first-order valence-electron chi connectivity index (χ1n) is 2.97. The van der Waals surface area contributed by atoms with E-state index >= 15 is 0 Å². The molecule has 0 bridgehead atoms. The minimum atomic E-state index is 1.02. The molecule has 0 atom stereocenters. The van der Waals surface area contributed by atoms with Crippen molar-refractivity contribution in [3.8, 4) is 0 Å². The minimum absolute atomic E-state index is 1.02. The van der Waals surface area contributed by atoms with Gasteiger partial charge in [0.2, 0.25) is 0 Å². The quantitative estimate of drug-likeness (QED) is 0.452. The molecule has 1 rings (SSSR count). The fourth-order valence-corrected chi connectivity index (χ4v) is 1.60. The summed E-state index contributed by atoms with van der Waals surface area (Å²) in [4.78, 5) is 0. The molecule has 1 aromatic rings. The summed E-state index contributed by atoms with van der Waals surface area (Å²) >= 11 is 2.24. The van der Waals surface area contributed by atoms with E-state index in [0.717, 1.165) is 9.26 Å². The van der Waals surface area contributed by atoms with E-state index in [9.17, 15) is 0 Å². The fourth-order valence-electron chi connectivity index (χ4n) is 0.815. The van der Waals surface area contributed by atoms with Gasteiger partial charge in [0.25, 0.3) is 0 Å². The molecule has 0 heterocycles. The molecule has 2 nitrogen and oxygen atoms in total. The zero-order valence-corrected chi connectivity index (χ0v) is 7.84. The van der Waals surface area contributed by atoms with Gasteiger partial charge in [0.05, 0.1) is 5.69 Å². The van der Waals surface area contributed by atoms with Crippen LogP contribution >= 0.6 is 22.6 Å². The number of hydrogen-bond acceptors (Lipinski definition) is 2. The van der Waals surface area contributed by atoms with Crippen molar-refractivity contribution in [1.82, 2.24) is 0 Å². The lowest BCUT2D eigenvalue weighted by molar-refractivity contribution is 1.30. The van der Waals surface area contributed by atoms with Gasteiger partial charge in [-0.05, 0) is 41.1 Å². The van der Waals surface area contributed by atoms with Crippen LogP contribution in [0.5, 0.6) is 0 Å². The zero-order valence-electron chi connectivity index (χ0n) is 5.69. The summed E-state index contributed by atoms with van der Waals surface area (Å²) in [6.07, 6.45) is 0. The smallest absolute Gasteiger partial charge is 0.0647 e. The van der Waals surface area contributed by atoms with Gasteiger partial charge in [-0.3, -0.25) is 5.84 Å². The number of halogens is 1. The lowest BCUT2D eigenvalue weighted by Gasteiger charge is -2.05. The van der Waals surface area contributed by atoms with E-state index in [1.54, 1.807) is 0 Å². The minimum Gasteiger partial charge on any atom is -0.323 e. The molecule has 0 aromatic heterocycles. The highest BCUT2D eigenvalue weighted by Crippen LogP contribution is 2.20. The molecule has 0 aliphatic heterocycles. The molecule has 0 radical (unpaired) electrons. The first-order chi connectivity index (χ1) is 4.75. The Hall–Kier alpha value is -0.290. The summed E-state index contributed by atoms with van der Waals surface area (Å²) in [7, 11) is 0. The highest BCUT2D eigenvalue weighted by atomic mass is 127. The molecule has 1 aromatic carbocycles. The van der Waals surface area contributed by atoms with Crippen molar-refractivity contribution in [1.29, 1.82) is 0 Å². The van der Waals surface area contributed by atoms with Crippen LogP contribution in [0.2, 0.25) is 0 Å². The summed E-state index contributed by atoms with van der Waals surface area (Å²) in [6, 6.07) is 6.05. The Morgan fingerprint density at radius 2 is 2.20 bits per heavy atom. The molecule has 0 saturated heterocycles. The van der Waals surface area contributed by atoms with Crippen LogP contribution in [0.25, 0.3) is 0 Å². The maximum Gasteiger partial charge on any atom is 0.0647 e. The molecular weight excluding hydrogens is 239 g/mol. The van der Waals surface area contributed by atoms with Gasteiger partial charge in [-0.1, -0.05) is 12.1 Å². The number of para-hydroxylation sites is 1. The van der Waals surface area contributed by atoms with Crippen LogP contribution in [-0.4, -0.2) is 0 Å². The van der Waals surface area contributed by atoms with Crippen molar-refractivity contribution in [2.75, 3.05) is 5.43 Å². The number of nitrogens with one attached hydrogen (secondary N) is 1. The molecule has 3 N–H and O–H groups in total. The van der Waals surface area contributed by atoms with Crippen LogP contribution in [0.15, 0.2) is 18.2 Å². The van der Waals surface area contributed by atoms with Gasteiger partial charge in [0.15, 0.2) is 0 Å². The average molecular weight is 248 g/mol. The van der Waals surface area contributed by atoms with Crippen LogP contribution in [-0.2, 0) is 0 Å². The number of benzene rings is 1. The molecule has 0 spiro atoms. The van der Waals surface area contributed by atoms with Gasteiger partial charge in [0.1, 0.15) is 0 Å². The van der Waals surface area contributed by atoms with Gasteiger partial charge in [-0.15, -0.1) is 0 Å². The van der Waals surface area contributed by atoms with Crippen LogP contribution in [0, 0.1) is 10.5 Å². The second-order valence-corrected chi connectivity index (χ2v) is 3.24. The van der Waals surface area contributed by atoms with Crippen LogP contribution in [0.1, 0.15) is 5.56 Å². The number of rotatable bonds is 1. The first-order valence-corrected chi connectivity index (χ1v) is 4.05. The second-order valence-electron chi connectivity index (χ2n) is 2.08. The lowest BCUT2D eigenvalue weighted by atomic mass is 10.2. The predicted molar refractivity (Wildman–Crippen MR) is 51.7 cm³/mol. The number of hydrazine groups is 1. The number of anilines is 1. The van der Waals surface area contributed by atoms with E-state index in [2.05, 4.69) is 28.0 Å². The molecule has 0 amide bonds. The molecule has 0 aliphatic rings. The number of nitrogens with two attached hydrogens (primary N) is 1. The van der Waals surface area contributed by atoms with E-state index in [-0.39, 0.29) is 0 Å². The third-order valence-electron chi connectivity index (χ3n) is 1.37. The lowest BCUT2D eigenvalue weighted by Crippen LogP contribution is -2.09. The summed E-state index contributed by atoms with van der Waals surface area (Å²) < 4.78 is 1.15. The van der Waals surface area contributed by atoms with Crippen molar-refractivity contribution < 1.29 is 0 Å². The SMILES string of the molecule is Cc1cccc(I)c1NN. The molecule has 3 heteroatoms. The largest absolute Gasteiger partial charge is 0.323 e. The van der Waals surface area contributed by atoms with E-state index < -0.39 is 0 Å². The van der Waals surface area contributed by atoms with Gasteiger partial charge in [-0.25, -0.2) is 0 Å². The molecule has 0 aliphatic carbocycles. The van der Waals surface area contributed by atoms with E-state index in [1.165, 1.54) is 5.56 Å². The Morgan fingerprint density at radius 3 is 2.60 bits per heavy atom. The normalized spacial score (nSPS) is 9.50. The number of hydrogen-bond donors (Lipinski definition) is 2. The fraction of sp³-hybridized carbons (Fsp3) is 0.143. The second kappa shape index (κ2) is 3.21. The molecule has 10 heavy (non-hydrogen) atoms. The Bertz CT molecular complexity index is 215. The van der Waals surface area contributed by atoms with Crippen molar-refractivity contribution in [2.24, 2.45) is 5.84 Å². The monoisotopic (exact) mass is 248 g/mol. The summed E-state index contributed by atoms with van der Waals surface area (Å²) in [5.74, 6) is 5.30. The Morgan fingerprint density at radius 1 is 1.50 bits per heavy atom. The summed E-state index contributed by atoms with van der Waals surface area (Å²) in [5.41, 5.74) is 4.85. The third-order valence-corrected chi connectivity index (χ3v) is 2.27. The Kier molecular flexibility index (Phi) is 2.50. The highest BCUT2D eigenvalue weighted by Gasteiger charge is 1.98. The number of aryl methyl sites for hydroxylation is 1. The summed E-state index contributed by atoms with van der Waals surface area (Å²) in [6.45, 7) is 2.03. The Labute approximate surface area is 73.9 Å². The van der Waals surface area contributed by atoms with Gasteiger partial charge < -0.3 is 5.43 Å². The maximum atomic E-state index is 5.30. The molecular formula is C7H9IN2. The maximum absolute atomic E-state index is 5.30. The molecule has 0 unspecified atom stereocenters. The Balaban J connectivity index is 3.17. The van der Waals surface area contributed by atoms with Crippen molar-refractivity contribution in [3.05, 3.63) is 27.3 Å². The van der Waals surface area contributed by atoms with Crippen LogP contribution in [0.4, 0.5) is 5.69 Å². The predicted octanol–water partition coefficient (Wildman–Crippen LogP) is 1.89. The molecule has 54 valence electrons. The van der Waals surface area contributed by atoms with E-state index in [1.807, 2.05) is 25.1 Å². The topological polar surface area (TPSA) is 38.0 Å². The third kappa shape index (κ3) is 1.41. The van der Waals surface area contributed by atoms with Crippen LogP contribution < -0.4 is 11.3 Å². The molecule has 0 fully saturated rings. The van der Waals surface area contributed by atoms with Gasteiger partial charge >= 0.3 is 0 Å². The summed E-state index contributed by atoms with van der Waals surface area (Å²) in [5, 5.41) is 0. The van der Waals surface area contributed by atoms with Crippen molar-refractivity contribution >= 4 is 28.3 Å². The van der Waals surface area contributed by atoms with Crippen molar-refractivity contribution in [2.45, 2.75) is 6.92 Å². The van der Waals surface area contributed by atoms with Gasteiger partial charge in [-0.2, -0.15) is 0 Å².